The second kappa shape index (κ2) is 9.43. The van der Waals surface area contributed by atoms with Gasteiger partial charge in [-0.1, -0.05) is 35.6 Å². The van der Waals surface area contributed by atoms with Gasteiger partial charge in [0, 0.05) is 31.4 Å². The molecule has 0 aliphatic carbocycles. The molecule has 0 bridgehead atoms. The highest BCUT2D eigenvalue weighted by molar-refractivity contribution is 8.27. The molecule has 3 aromatic rings. The number of ether oxygens (including phenoxy) is 1. The molecule has 2 heterocycles. The highest BCUT2D eigenvalue weighted by Gasteiger charge is 2.33. The normalized spacial score (nSPS) is 14.8. The van der Waals surface area contributed by atoms with Crippen molar-refractivity contribution in [3.8, 4) is 11.3 Å². The molecular formula is C24H19ClN2O4S2. The molecule has 9 heteroatoms. The molecule has 0 saturated carbocycles. The summed E-state index contributed by atoms with van der Waals surface area (Å²) in [5.41, 5.74) is 2.65. The molecule has 33 heavy (non-hydrogen) atoms. The van der Waals surface area contributed by atoms with Crippen molar-refractivity contribution in [2.45, 2.75) is 0 Å². The van der Waals surface area contributed by atoms with Crippen molar-refractivity contribution in [3.05, 3.63) is 75.8 Å². The number of anilines is 2. The van der Waals surface area contributed by atoms with Crippen molar-refractivity contribution in [1.29, 1.82) is 0 Å². The number of carbonyl (C=O) groups is 2. The number of halogens is 1. The second-order valence-corrected chi connectivity index (χ2v) is 9.40. The lowest BCUT2D eigenvalue weighted by Gasteiger charge is -2.17. The Kier molecular flexibility index (Phi) is 6.60. The molecule has 1 aromatic heterocycles. The van der Waals surface area contributed by atoms with Gasteiger partial charge < -0.3 is 14.1 Å². The molecule has 0 N–H and O–H groups in total. The number of carbonyl (C=O) groups excluding carboxylic acids is 2. The maximum Gasteiger partial charge on any atom is 0.339 e. The van der Waals surface area contributed by atoms with Crippen molar-refractivity contribution < 1.29 is 18.7 Å². The summed E-state index contributed by atoms with van der Waals surface area (Å²) in [5, 5.41) is 0.291. The number of amides is 1. The first kappa shape index (κ1) is 23.1. The predicted octanol–water partition coefficient (Wildman–Crippen LogP) is 5.86. The zero-order valence-corrected chi connectivity index (χ0v) is 20.4. The van der Waals surface area contributed by atoms with E-state index >= 15 is 0 Å². The zero-order chi connectivity index (χ0) is 23.7. The number of rotatable bonds is 5. The molecule has 2 aromatic carbocycles. The molecule has 4 rings (SSSR count). The lowest BCUT2D eigenvalue weighted by Crippen LogP contribution is -2.27. The van der Waals surface area contributed by atoms with Gasteiger partial charge in [-0.2, -0.15) is 0 Å². The fourth-order valence-electron chi connectivity index (χ4n) is 3.25. The fraction of sp³-hybridized carbons (Fsp3) is 0.125. The van der Waals surface area contributed by atoms with Crippen LogP contribution in [0, 0.1) is 0 Å². The van der Waals surface area contributed by atoms with Crippen LogP contribution >= 0.6 is 35.6 Å². The topological polar surface area (TPSA) is 63.0 Å². The van der Waals surface area contributed by atoms with E-state index in [1.807, 2.05) is 43.3 Å². The number of esters is 1. The number of methoxy groups -OCH3 is 1. The Hall–Kier alpha value is -3.07. The molecule has 1 aliphatic heterocycles. The molecule has 0 spiro atoms. The van der Waals surface area contributed by atoms with Crippen LogP contribution in [0.5, 0.6) is 0 Å². The molecular weight excluding hydrogens is 480 g/mol. The quantitative estimate of drug-likeness (QED) is 0.248. The van der Waals surface area contributed by atoms with Gasteiger partial charge in [0.05, 0.1) is 28.3 Å². The lowest BCUT2D eigenvalue weighted by atomic mass is 10.1. The van der Waals surface area contributed by atoms with Gasteiger partial charge in [0.15, 0.2) is 4.32 Å². The number of thioether (sulfide) groups is 1. The Morgan fingerprint density at radius 3 is 2.55 bits per heavy atom. The predicted molar refractivity (Wildman–Crippen MR) is 137 cm³/mol. The Bertz CT molecular complexity index is 1280. The van der Waals surface area contributed by atoms with Gasteiger partial charge in [0.2, 0.25) is 0 Å². The maximum atomic E-state index is 13.0. The third-order valence-corrected chi connectivity index (χ3v) is 6.61. The van der Waals surface area contributed by atoms with Gasteiger partial charge in [-0.25, -0.2) is 4.79 Å². The molecule has 0 radical (unpaired) electrons. The van der Waals surface area contributed by atoms with E-state index in [2.05, 4.69) is 0 Å². The van der Waals surface area contributed by atoms with Crippen LogP contribution in [0.15, 0.2) is 63.9 Å². The Labute approximate surface area is 205 Å². The van der Waals surface area contributed by atoms with Gasteiger partial charge in [0.25, 0.3) is 5.91 Å². The lowest BCUT2D eigenvalue weighted by molar-refractivity contribution is -0.113. The molecule has 168 valence electrons. The molecule has 1 saturated heterocycles. The summed E-state index contributed by atoms with van der Waals surface area (Å²) in [6.45, 7) is 0. The third-order valence-electron chi connectivity index (χ3n) is 4.97. The minimum absolute atomic E-state index is 0.208. The fourth-order valence-corrected chi connectivity index (χ4v) is 4.72. The Morgan fingerprint density at radius 1 is 1.15 bits per heavy atom. The molecule has 0 atom stereocenters. The van der Waals surface area contributed by atoms with E-state index in [4.69, 9.17) is 33.0 Å². The van der Waals surface area contributed by atoms with Crippen molar-refractivity contribution in [3.63, 3.8) is 0 Å². The molecule has 1 aliphatic rings. The van der Waals surface area contributed by atoms with E-state index in [1.54, 1.807) is 36.4 Å². The standard InChI is InChI=1S/C24H19ClN2O4S2/c1-26(2)15-5-7-16(8-6-15)27-22(28)21(33-24(27)32)13-17-9-11-20(31-17)14-4-10-19(25)18(12-14)23(29)30-3/h4-13H,1-3H3/b21-13+. The number of benzene rings is 2. The maximum absolute atomic E-state index is 13.0. The molecule has 6 nitrogen and oxygen atoms in total. The number of hydrogen-bond donors (Lipinski definition) is 0. The van der Waals surface area contributed by atoms with Crippen LogP contribution in [0.4, 0.5) is 11.4 Å². The van der Waals surface area contributed by atoms with Crippen LogP contribution in [0.3, 0.4) is 0 Å². The van der Waals surface area contributed by atoms with E-state index < -0.39 is 5.97 Å². The summed E-state index contributed by atoms with van der Waals surface area (Å²) in [6, 6.07) is 16.1. The Balaban J connectivity index is 1.58. The summed E-state index contributed by atoms with van der Waals surface area (Å²) in [5.74, 6) is 0.275. The molecule has 1 amide bonds. The largest absolute Gasteiger partial charge is 0.465 e. The van der Waals surface area contributed by atoms with Gasteiger partial charge in [0.1, 0.15) is 11.5 Å². The zero-order valence-electron chi connectivity index (χ0n) is 18.0. The van der Waals surface area contributed by atoms with E-state index in [-0.39, 0.29) is 11.5 Å². The molecule has 0 unspecified atom stereocenters. The van der Waals surface area contributed by atoms with Crippen molar-refractivity contribution in [1.82, 2.24) is 0 Å². The first-order chi connectivity index (χ1) is 15.8. The van der Waals surface area contributed by atoms with E-state index in [0.29, 0.717) is 37.0 Å². The summed E-state index contributed by atoms with van der Waals surface area (Å²) in [4.78, 5) is 28.9. The van der Waals surface area contributed by atoms with Crippen LogP contribution in [-0.4, -0.2) is 37.4 Å². The van der Waals surface area contributed by atoms with E-state index in [1.165, 1.54) is 23.8 Å². The number of nitrogens with zero attached hydrogens (tertiary/aromatic N) is 2. The summed E-state index contributed by atoms with van der Waals surface area (Å²) < 4.78 is 11.1. The van der Waals surface area contributed by atoms with Crippen LogP contribution < -0.4 is 9.80 Å². The average Bonchev–Trinajstić information content (AvgIpc) is 3.38. The highest BCUT2D eigenvalue weighted by Crippen LogP contribution is 2.37. The number of thiocarbonyl (C=S) groups is 1. The van der Waals surface area contributed by atoms with E-state index in [0.717, 1.165) is 5.69 Å². The smallest absolute Gasteiger partial charge is 0.339 e. The van der Waals surface area contributed by atoms with Crippen molar-refractivity contribution in [2.75, 3.05) is 31.0 Å². The molecule has 1 fully saturated rings. The van der Waals surface area contributed by atoms with Crippen LogP contribution in [0.2, 0.25) is 5.02 Å². The van der Waals surface area contributed by atoms with Gasteiger partial charge in [-0.05, 0) is 54.6 Å². The first-order valence-corrected chi connectivity index (χ1v) is 11.4. The number of hydrogen-bond acceptors (Lipinski definition) is 7. The van der Waals surface area contributed by atoms with Crippen LogP contribution in [0.1, 0.15) is 16.1 Å². The average molecular weight is 499 g/mol. The highest BCUT2D eigenvalue weighted by atomic mass is 35.5. The summed E-state index contributed by atoms with van der Waals surface area (Å²) in [7, 11) is 5.20. The van der Waals surface area contributed by atoms with Crippen LogP contribution in [0.25, 0.3) is 17.4 Å². The monoisotopic (exact) mass is 498 g/mol. The third kappa shape index (κ3) is 4.68. The van der Waals surface area contributed by atoms with E-state index in [9.17, 15) is 9.59 Å². The minimum atomic E-state index is -0.532. The van der Waals surface area contributed by atoms with Crippen LogP contribution in [-0.2, 0) is 9.53 Å². The number of furan rings is 1. The minimum Gasteiger partial charge on any atom is -0.465 e. The van der Waals surface area contributed by atoms with Gasteiger partial charge in [-0.15, -0.1) is 0 Å². The van der Waals surface area contributed by atoms with Crippen molar-refractivity contribution >= 4 is 69.2 Å². The SMILES string of the molecule is COC(=O)c1cc(-c2ccc(/C=C3/SC(=S)N(c4ccc(N(C)C)cc4)C3=O)o2)ccc1Cl. The van der Waals surface area contributed by atoms with Gasteiger partial charge in [-0.3, -0.25) is 9.69 Å². The summed E-state index contributed by atoms with van der Waals surface area (Å²) in [6.07, 6.45) is 1.66. The van der Waals surface area contributed by atoms with Crippen molar-refractivity contribution in [2.24, 2.45) is 0 Å². The Morgan fingerprint density at radius 2 is 1.88 bits per heavy atom. The first-order valence-electron chi connectivity index (χ1n) is 9.82. The summed E-state index contributed by atoms with van der Waals surface area (Å²) >= 11 is 12.8. The van der Waals surface area contributed by atoms with Gasteiger partial charge >= 0.3 is 5.97 Å². The second-order valence-electron chi connectivity index (χ2n) is 7.32.